The summed E-state index contributed by atoms with van der Waals surface area (Å²) in [5.74, 6) is -1.56. The van der Waals surface area contributed by atoms with E-state index in [1.54, 1.807) is 26.0 Å². The zero-order valence-corrected chi connectivity index (χ0v) is 23.4. The van der Waals surface area contributed by atoms with Gasteiger partial charge in [0.05, 0.1) is 32.4 Å². The third kappa shape index (κ3) is 8.84. The van der Waals surface area contributed by atoms with Crippen LogP contribution >= 0.6 is 0 Å². The minimum atomic E-state index is -1.05. The van der Waals surface area contributed by atoms with Crippen molar-refractivity contribution in [3.05, 3.63) is 65.7 Å². The number of carbonyl (C=O) groups is 4. The summed E-state index contributed by atoms with van der Waals surface area (Å²) in [4.78, 5) is 54.5. The second kappa shape index (κ2) is 13.7. The van der Waals surface area contributed by atoms with Crippen LogP contribution in [0, 0.1) is 0 Å². The summed E-state index contributed by atoms with van der Waals surface area (Å²) in [5.41, 5.74) is 0.601. The van der Waals surface area contributed by atoms with E-state index in [0.717, 1.165) is 5.56 Å². The van der Waals surface area contributed by atoms with Crippen LogP contribution in [0.1, 0.15) is 25.0 Å². The molecule has 2 aliphatic heterocycles. The molecule has 4 unspecified atom stereocenters. The fourth-order valence-corrected chi connectivity index (χ4v) is 4.64. The van der Waals surface area contributed by atoms with Gasteiger partial charge in [-0.1, -0.05) is 42.5 Å². The minimum absolute atomic E-state index is 0.0709. The zero-order valence-electron chi connectivity index (χ0n) is 23.4. The van der Waals surface area contributed by atoms with Gasteiger partial charge in [0.1, 0.15) is 23.4 Å². The SMILES string of the molecule is CC(NC(=O)CN1CCOCC1)C(=O)NC(Cc1ccc(O)cc1)C(=O)NC(Cc1ccccc1)C(=O)C1(C)CO1. The second-order valence-corrected chi connectivity index (χ2v) is 10.7. The van der Waals surface area contributed by atoms with E-state index in [1.807, 2.05) is 35.2 Å². The maximum Gasteiger partial charge on any atom is 0.243 e. The highest BCUT2D eigenvalue weighted by molar-refractivity contribution is 5.98. The van der Waals surface area contributed by atoms with Gasteiger partial charge in [0.25, 0.3) is 0 Å². The zero-order chi connectivity index (χ0) is 29.4. The number of ether oxygens (including phenoxy) is 2. The number of epoxide rings is 1. The second-order valence-electron chi connectivity index (χ2n) is 10.7. The maximum absolute atomic E-state index is 13.6. The Hall–Kier alpha value is -3.80. The molecule has 220 valence electrons. The molecule has 0 spiro atoms. The smallest absolute Gasteiger partial charge is 0.243 e. The van der Waals surface area contributed by atoms with E-state index in [9.17, 15) is 24.3 Å². The summed E-state index contributed by atoms with van der Waals surface area (Å²) >= 11 is 0. The molecule has 2 aromatic carbocycles. The maximum atomic E-state index is 13.6. The van der Waals surface area contributed by atoms with Crippen molar-refractivity contribution in [2.75, 3.05) is 39.5 Å². The molecule has 4 atom stereocenters. The summed E-state index contributed by atoms with van der Waals surface area (Å²) in [6.07, 6.45) is 0.366. The van der Waals surface area contributed by atoms with Crippen molar-refractivity contribution in [1.82, 2.24) is 20.9 Å². The molecular weight excluding hydrogens is 528 g/mol. The average molecular weight is 567 g/mol. The van der Waals surface area contributed by atoms with Crippen LogP contribution in [0.25, 0.3) is 0 Å². The third-order valence-corrected chi connectivity index (χ3v) is 7.27. The molecule has 11 heteroatoms. The Morgan fingerprint density at radius 1 is 0.878 bits per heavy atom. The van der Waals surface area contributed by atoms with Gasteiger partial charge >= 0.3 is 0 Å². The number of nitrogens with zero attached hydrogens (tertiary/aromatic N) is 1. The first-order valence-electron chi connectivity index (χ1n) is 13.8. The Bertz CT molecular complexity index is 1210. The average Bonchev–Trinajstić information content (AvgIpc) is 3.72. The molecule has 0 aliphatic carbocycles. The van der Waals surface area contributed by atoms with E-state index in [0.29, 0.717) is 31.9 Å². The number of hydrogen-bond donors (Lipinski definition) is 4. The van der Waals surface area contributed by atoms with Crippen LogP contribution in [0.5, 0.6) is 5.75 Å². The van der Waals surface area contributed by atoms with E-state index >= 15 is 0 Å². The van der Waals surface area contributed by atoms with Crippen molar-refractivity contribution in [3.63, 3.8) is 0 Å². The van der Waals surface area contributed by atoms with Gasteiger partial charge in [0, 0.05) is 19.5 Å². The molecule has 2 aromatic rings. The van der Waals surface area contributed by atoms with Crippen LogP contribution in [0.15, 0.2) is 54.6 Å². The lowest BCUT2D eigenvalue weighted by Gasteiger charge is -2.27. The van der Waals surface area contributed by atoms with Crippen molar-refractivity contribution in [2.45, 2.75) is 50.4 Å². The molecule has 41 heavy (non-hydrogen) atoms. The van der Waals surface area contributed by atoms with Crippen LogP contribution in [0.3, 0.4) is 0 Å². The molecule has 2 heterocycles. The van der Waals surface area contributed by atoms with E-state index in [2.05, 4.69) is 16.0 Å². The summed E-state index contributed by atoms with van der Waals surface area (Å²) in [5, 5.41) is 18.0. The van der Waals surface area contributed by atoms with Crippen LogP contribution < -0.4 is 16.0 Å². The van der Waals surface area contributed by atoms with E-state index in [4.69, 9.17) is 9.47 Å². The first-order valence-corrected chi connectivity index (χ1v) is 13.8. The number of Topliss-reactive ketones (excluding diaryl/α,β-unsaturated/α-hetero) is 1. The van der Waals surface area contributed by atoms with Gasteiger partial charge in [-0.25, -0.2) is 0 Å². The lowest BCUT2D eigenvalue weighted by Crippen LogP contribution is -2.57. The first-order chi connectivity index (χ1) is 19.6. The fourth-order valence-electron chi connectivity index (χ4n) is 4.64. The number of phenolic OH excluding ortho intramolecular Hbond substituents is 1. The predicted octanol–water partition coefficient (Wildman–Crippen LogP) is 0.342. The number of amides is 3. The molecule has 4 rings (SSSR count). The predicted molar refractivity (Wildman–Crippen MR) is 150 cm³/mol. The number of morpholine rings is 1. The van der Waals surface area contributed by atoms with Gasteiger partial charge < -0.3 is 30.5 Å². The van der Waals surface area contributed by atoms with Gasteiger partial charge in [0.15, 0.2) is 5.78 Å². The lowest BCUT2D eigenvalue weighted by atomic mass is 9.94. The fraction of sp³-hybridized carbons (Fsp3) is 0.467. The monoisotopic (exact) mass is 566 g/mol. The lowest BCUT2D eigenvalue weighted by molar-refractivity contribution is -0.134. The van der Waals surface area contributed by atoms with Gasteiger partial charge in [-0.3, -0.25) is 24.1 Å². The van der Waals surface area contributed by atoms with Gasteiger partial charge in [-0.2, -0.15) is 0 Å². The number of phenols is 1. The highest BCUT2D eigenvalue weighted by Crippen LogP contribution is 2.29. The van der Waals surface area contributed by atoms with E-state index < -0.39 is 35.5 Å². The number of rotatable bonds is 13. The number of benzene rings is 2. The largest absolute Gasteiger partial charge is 0.508 e. The van der Waals surface area contributed by atoms with Crippen LogP contribution in [0.2, 0.25) is 0 Å². The summed E-state index contributed by atoms with van der Waals surface area (Å²) in [6, 6.07) is 12.8. The highest BCUT2D eigenvalue weighted by atomic mass is 16.6. The van der Waals surface area contributed by atoms with Gasteiger partial charge in [-0.15, -0.1) is 0 Å². The topological polar surface area (TPSA) is 150 Å². The summed E-state index contributed by atoms with van der Waals surface area (Å²) < 4.78 is 10.7. The molecule has 3 amide bonds. The molecule has 2 aliphatic rings. The summed E-state index contributed by atoms with van der Waals surface area (Å²) in [6.45, 7) is 6.04. The third-order valence-electron chi connectivity index (χ3n) is 7.27. The standard InChI is InChI=1S/C30H38N4O7/c1-20(31-26(36)18-34-12-14-40-15-13-34)28(38)33-25(17-22-8-10-23(35)11-9-22)29(39)32-24(27(37)30(2)19-41-30)16-21-6-4-3-5-7-21/h3-11,20,24-25,35H,12-19H2,1-2H3,(H,31,36)(H,32,39)(H,33,38). The molecule has 4 N–H and O–H groups in total. The van der Waals surface area contributed by atoms with E-state index in [-0.39, 0.29) is 43.4 Å². The summed E-state index contributed by atoms with van der Waals surface area (Å²) in [7, 11) is 0. The minimum Gasteiger partial charge on any atom is -0.508 e. The number of hydrogen-bond acceptors (Lipinski definition) is 8. The van der Waals surface area contributed by atoms with Crippen LogP contribution in [0.4, 0.5) is 0 Å². The van der Waals surface area contributed by atoms with Gasteiger partial charge in [0.2, 0.25) is 17.7 Å². The molecular formula is C30H38N4O7. The molecule has 2 fully saturated rings. The van der Waals surface area contributed by atoms with Crippen molar-refractivity contribution in [1.29, 1.82) is 0 Å². The number of aromatic hydroxyl groups is 1. The first kappa shape index (κ1) is 30.2. The Balaban J connectivity index is 1.45. The highest BCUT2D eigenvalue weighted by Gasteiger charge is 2.50. The Labute approximate surface area is 239 Å². The van der Waals surface area contributed by atoms with Gasteiger partial charge in [-0.05, 0) is 43.5 Å². The Morgan fingerprint density at radius 2 is 1.46 bits per heavy atom. The van der Waals surface area contributed by atoms with Crippen LogP contribution in [-0.4, -0.2) is 96.7 Å². The van der Waals surface area contributed by atoms with Crippen molar-refractivity contribution in [2.24, 2.45) is 0 Å². The molecule has 0 saturated carbocycles. The number of carbonyl (C=O) groups excluding carboxylic acids is 4. The van der Waals surface area contributed by atoms with Crippen molar-refractivity contribution >= 4 is 23.5 Å². The molecule has 11 nitrogen and oxygen atoms in total. The van der Waals surface area contributed by atoms with Crippen molar-refractivity contribution < 1.29 is 33.8 Å². The normalized spacial score (nSPS) is 20.7. The molecule has 0 bridgehead atoms. The van der Waals surface area contributed by atoms with Crippen LogP contribution in [-0.2, 0) is 41.5 Å². The molecule has 0 aromatic heterocycles. The quantitative estimate of drug-likeness (QED) is 0.254. The Morgan fingerprint density at radius 3 is 2.10 bits per heavy atom. The van der Waals surface area contributed by atoms with E-state index in [1.165, 1.54) is 12.1 Å². The molecule has 0 radical (unpaired) electrons. The Kier molecular flexibility index (Phi) is 10.1. The number of ketones is 1. The van der Waals surface area contributed by atoms with Crippen molar-refractivity contribution in [3.8, 4) is 5.75 Å². The molecule has 2 saturated heterocycles. The number of nitrogens with one attached hydrogen (secondary N) is 3.